The van der Waals surface area contributed by atoms with E-state index >= 15 is 0 Å². The highest BCUT2D eigenvalue weighted by Crippen LogP contribution is 2.22. The largest absolute Gasteiger partial charge is 0.362 e. The van der Waals surface area contributed by atoms with Gasteiger partial charge >= 0.3 is 0 Å². The van der Waals surface area contributed by atoms with Crippen molar-refractivity contribution in [3.63, 3.8) is 0 Å². The van der Waals surface area contributed by atoms with Gasteiger partial charge in [-0.25, -0.2) is 0 Å². The van der Waals surface area contributed by atoms with Crippen molar-refractivity contribution in [2.24, 2.45) is 0 Å². The van der Waals surface area contributed by atoms with E-state index in [0.717, 1.165) is 0 Å². The van der Waals surface area contributed by atoms with Gasteiger partial charge in [-0.1, -0.05) is 12.1 Å². The summed E-state index contributed by atoms with van der Waals surface area (Å²) in [6.07, 6.45) is -0.00528. The van der Waals surface area contributed by atoms with Crippen LogP contribution in [0.1, 0.15) is 28.5 Å². The minimum absolute atomic E-state index is 0.00528. The lowest BCUT2D eigenvalue weighted by atomic mass is 9.98. The van der Waals surface area contributed by atoms with Crippen LogP contribution in [0.2, 0.25) is 0 Å². The summed E-state index contributed by atoms with van der Waals surface area (Å²) in [7, 11) is 3.62. The minimum Gasteiger partial charge on any atom is -0.362 e. The fraction of sp³-hybridized carbons (Fsp3) is 0.500. The fourth-order valence-electron chi connectivity index (χ4n) is 1.66. The minimum atomic E-state index is -0.00528. The second kappa shape index (κ2) is 4.58. The molecule has 78 valence electrons. The van der Waals surface area contributed by atoms with E-state index in [1.807, 2.05) is 7.05 Å². The predicted molar refractivity (Wildman–Crippen MR) is 59.5 cm³/mol. The predicted octanol–water partition coefficient (Wildman–Crippen LogP) is 2.48. The molecule has 0 aliphatic carbocycles. The van der Waals surface area contributed by atoms with Crippen molar-refractivity contribution in [2.75, 3.05) is 14.2 Å². The molecule has 1 rings (SSSR count). The van der Waals surface area contributed by atoms with Gasteiger partial charge in [0.2, 0.25) is 0 Å². The van der Waals surface area contributed by atoms with E-state index in [2.05, 4.69) is 38.2 Å². The molecule has 1 atom stereocenters. The molecule has 0 aliphatic heterocycles. The number of nitrogens with one attached hydrogen (secondary N) is 1. The Balaban J connectivity index is 3.16. The number of hydrogen-bond donors (Lipinski definition) is 1. The number of aryl methyl sites for hydroxylation is 1. The van der Waals surface area contributed by atoms with Gasteiger partial charge in [-0.3, -0.25) is 5.32 Å². The summed E-state index contributed by atoms with van der Waals surface area (Å²) >= 11 is 0. The van der Waals surface area contributed by atoms with Crippen molar-refractivity contribution < 1.29 is 4.74 Å². The SMILES string of the molecule is CNC(OC)c1ccc(C)c(C)c1C. The third-order valence-corrected chi connectivity index (χ3v) is 2.88. The lowest BCUT2D eigenvalue weighted by molar-refractivity contribution is 0.0803. The van der Waals surface area contributed by atoms with Crippen molar-refractivity contribution in [3.8, 4) is 0 Å². The quantitative estimate of drug-likeness (QED) is 0.745. The van der Waals surface area contributed by atoms with Gasteiger partial charge in [0, 0.05) is 7.11 Å². The number of rotatable bonds is 3. The maximum absolute atomic E-state index is 5.35. The third-order valence-electron chi connectivity index (χ3n) is 2.88. The number of methoxy groups -OCH3 is 1. The van der Waals surface area contributed by atoms with Crippen LogP contribution < -0.4 is 5.32 Å². The van der Waals surface area contributed by atoms with E-state index < -0.39 is 0 Å². The molecule has 0 heterocycles. The monoisotopic (exact) mass is 193 g/mol. The van der Waals surface area contributed by atoms with Crippen LogP contribution in [0.25, 0.3) is 0 Å². The topological polar surface area (TPSA) is 21.3 Å². The van der Waals surface area contributed by atoms with Crippen molar-refractivity contribution in [3.05, 3.63) is 34.4 Å². The Morgan fingerprint density at radius 1 is 1.14 bits per heavy atom. The molecule has 0 fully saturated rings. The van der Waals surface area contributed by atoms with Crippen molar-refractivity contribution >= 4 is 0 Å². The maximum Gasteiger partial charge on any atom is 0.133 e. The Hall–Kier alpha value is -0.860. The molecule has 1 unspecified atom stereocenters. The van der Waals surface area contributed by atoms with Crippen molar-refractivity contribution in [1.29, 1.82) is 0 Å². The van der Waals surface area contributed by atoms with E-state index in [4.69, 9.17) is 4.74 Å². The summed E-state index contributed by atoms with van der Waals surface area (Å²) < 4.78 is 5.35. The second-order valence-electron chi connectivity index (χ2n) is 3.63. The molecule has 0 aromatic heterocycles. The summed E-state index contributed by atoms with van der Waals surface area (Å²) in [5.74, 6) is 0. The van der Waals surface area contributed by atoms with E-state index in [9.17, 15) is 0 Å². The van der Waals surface area contributed by atoms with Crippen LogP contribution in [0, 0.1) is 20.8 Å². The number of benzene rings is 1. The highest BCUT2D eigenvalue weighted by molar-refractivity contribution is 5.39. The molecule has 2 nitrogen and oxygen atoms in total. The Morgan fingerprint density at radius 3 is 2.29 bits per heavy atom. The van der Waals surface area contributed by atoms with Crippen LogP contribution in [0.3, 0.4) is 0 Å². The van der Waals surface area contributed by atoms with Crippen molar-refractivity contribution in [2.45, 2.75) is 27.0 Å². The smallest absolute Gasteiger partial charge is 0.133 e. The fourth-order valence-corrected chi connectivity index (χ4v) is 1.66. The highest BCUT2D eigenvalue weighted by Gasteiger charge is 2.12. The Kier molecular flexibility index (Phi) is 3.67. The molecule has 1 aromatic rings. The molecule has 0 saturated carbocycles. The zero-order valence-electron chi connectivity index (χ0n) is 9.64. The normalized spacial score (nSPS) is 12.9. The zero-order valence-corrected chi connectivity index (χ0v) is 9.64. The molecule has 0 radical (unpaired) electrons. The lowest BCUT2D eigenvalue weighted by Crippen LogP contribution is -2.19. The van der Waals surface area contributed by atoms with Gasteiger partial charge in [-0.2, -0.15) is 0 Å². The van der Waals surface area contributed by atoms with Crippen molar-refractivity contribution in [1.82, 2.24) is 5.32 Å². The van der Waals surface area contributed by atoms with Gasteiger partial charge < -0.3 is 4.74 Å². The van der Waals surface area contributed by atoms with Gasteiger partial charge in [-0.15, -0.1) is 0 Å². The Bertz CT molecular complexity index is 316. The first-order valence-electron chi connectivity index (χ1n) is 4.88. The van der Waals surface area contributed by atoms with Crippen LogP contribution in [-0.2, 0) is 4.74 Å². The molecule has 1 aromatic carbocycles. The summed E-state index contributed by atoms with van der Waals surface area (Å²) in [6.45, 7) is 6.42. The van der Waals surface area contributed by atoms with E-state index in [1.165, 1.54) is 22.3 Å². The Morgan fingerprint density at radius 2 is 1.79 bits per heavy atom. The molecule has 0 saturated heterocycles. The molecule has 0 amide bonds. The Labute approximate surface area is 86.3 Å². The molecule has 2 heteroatoms. The molecular formula is C12H19NO. The first-order valence-corrected chi connectivity index (χ1v) is 4.88. The molecule has 0 bridgehead atoms. The van der Waals surface area contributed by atoms with E-state index in [0.29, 0.717) is 0 Å². The summed E-state index contributed by atoms with van der Waals surface area (Å²) in [6, 6.07) is 4.27. The van der Waals surface area contributed by atoms with Gasteiger partial charge in [0.1, 0.15) is 6.23 Å². The first-order chi connectivity index (χ1) is 6.61. The van der Waals surface area contributed by atoms with Gasteiger partial charge in [0.25, 0.3) is 0 Å². The first kappa shape index (κ1) is 11.2. The molecular weight excluding hydrogens is 174 g/mol. The summed E-state index contributed by atoms with van der Waals surface area (Å²) in [5.41, 5.74) is 5.21. The lowest BCUT2D eigenvalue weighted by Gasteiger charge is -2.19. The molecule has 0 aliphatic rings. The van der Waals surface area contributed by atoms with Crippen LogP contribution in [0.4, 0.5) is 0 Å². The summed E-state index contributed by atoms with van der Waals surface area (Å²) in [4.78, 5) is 0. The maximum atomic E-state index is 5.35. The van der Waals surface area contributed by atoms with Gasteiger partial charge in [-0.05, 0) is 50.1 Å². The average molecular weight is 193 g/mol. The van der Waals surface area contributed by atoms with Gasteiger partial charge in [0.15, 0.2) is 0 Å². The molecule has 14 heavy (non-hydrogen) atoms. The standard InChI is InChI=1S/C12H19NO/c1-8-6-7-11(10(3)9(8)2)12(13-4)14-5/h6-7,12-13H,1-5H3. The van der Waals surface area contributed by atoms with Gasteiger partial charge in [0.05, 0.1) is 0 Å². The molecule has 1 N–H and O–H groups in total. The van der Waals surface area contributed by atoms with Crippen LogP contribution in [-0.4, -0.2) is 14.2 Å². The molecule has 0 spiro atoms. The number of ether oxygens (including phenoxy) is 1. The van der Waals surface area contributed by atoms with E-state index in [1.54, 1.807) is 7.11 Å². The van der Waals surface area contributed by atoms with Crippen LogP contribution >= 0.6 is 0 Å². The third kappa shape index (κ3) is 1.97. The zero-order chi connectivity index (χ0) is 10.7. The number of hydrogen-bond acceptors (Lipinski definition) is 2. The van der Waals surface area contributed by atoms with E-state index in [-0.39, 0.29) is 6.23 Å². The summed E-state index contributed by atoms with van der Waals surface area (Å²) in [5, 5.41) is 3.13. The average Bonchev–Trinajstić information content (AvgIpc) is 2.19. The van der Waals surface area contributed by atoms with Crippen LogP contribution in [0.15, 0.2) is 12.1 Å². The van der Waals surface area contributed by atoms with Crippen LogP contribution in [0.5, 0.6) is 0 Å². The second-order valence-corrected chi connectivity index (χ2v) is 3.63. The highest BCUT2D eigenvalue weighted by atomic mass is 16.5.